The number of carbonyl (C=O) groups excluding carboxylic acids is 1. The second-order valence-electron chi connectivity index (χ2n) is 8.18. The zero-order valence-corrected chi connectivity index (χ0v) is 18.1. The van der Waals surface area contributed by atoms with Gasteiger partial charge in [0.15, 0.2) is 6.23 Å². The van der Waals surface area contributed by atoms with Crippen LogP contribution in [0.2, 0.25) is 0 Å². The van der Waals surface area contributed by atoms with E-state index in [2.05, 4.69) is 12.2 Å². The number of unbranched alkanes of at least 4 members (excludes halogenated alkanes) is 13. The SMILES string of the molecule is CCCCCCCCCCCCCCCCC(C)OC(=O)OC1CCC[N]1. The van der Waals surface area contributed by atoms with E-state index in [0.717, 1.165) is 32.2 Å². The van der Waals surface area contributed by atoms with E-state index in [1.807, 2.05) is 6.92 Å². The molecule has 4 nitrogen and oxygen atoms in total. The van der Waals surface area contributed by atoms with E-state index < -0.39 is 6.16 Å². The predicted octanol–water partition coefficient (Wildman–Crippen LogP) is 7.12. The predicted molar refractivity (Wildman–Crippen MR) is 112 cm³/mol. The summed E-state index contributed by atoms with van der Waals surface area (Å²) in [6, 6.07) is 0. The molecule has 1 saturated heterocycles. The van der Waals surface area contributed by atoms with Crippen LogP contribution in [0.3, 0.4) is 0 Å². The average molecular weight is 383 g/mol. The lowest BCUT2D eigenvalue weighted by molar-refractivity contribution is -0.00421. The Hall–Kier alpha value is -0.770. The summed E-state index contributed by atoms with van der Waals surface area (Å²) >= 11 is 0. The average Bonchev–Trinajstić information content (AvgIpc) is 3.14. The summed E-state index contributed by atoms with van der Waals surface area (Å²) < 4.78 is 10.5. The van der Waals surface area contributed by atoms with Gasteiger partial charge in [-0.2, -0.15) is 0 Å². The second-order valence-corrected chi connectivity index (χ2v) is 8.18. The second kappa shape index (κ2) is 17.3. The summed E-state index contributed by atoms with van der Waals surface area (Å²) in [7, 11) is 0. The minimum absolute atomic E-state index is 0.0590. The lowest BCUT2D eigenvalue weighted by Crippen LogP contribution is -2.25. The van der Waals surface area contributed by atoms with Gasteiger partial charge in [-0.3, -0.25) is 0 Å². The highest BCUT2D eigenvalue weighted by atomic mass is 16.7. The van der Waals surface area contributed by atoms with E-state index in [-0.39, 0.29) is 12.3 Å². The summed E-state index contributed by atoms with van der Waals surface area (Å²) in [6.45, 7) is 5.03. The van der Waals surface area contributed by atoms with Crippen LogP contribution in [-0.4, -0.2) is 25.0 Å². The number of nitrogens with zero attached hydrogens (tertiary/aromatic N) is 1. The molecule has 159 valence electrons. The van der Waals surface area contributed by atoms with Gasteiger partial charge in [0.25, 0.3) is 0 Å². The highest BCUT2D eigenvalue weighted by Crippen LogP contribution is 2.15. The van der Waals surface area contributed by atoms with Gasteiger partial charge in [-0.25, -0.2) is 10.1 Å². The minimum Gasteiger partial charge on any atom is -0.431 e. The third-order valence-electron chi connectivity index (χ3n) is 5.44. The highest BCUT2D eigenvalue weighted by Gasteiger charge is 2.21. The van der Waals surface area contributed by atoms with Crippen LogP contribution in [0.5, 0.6) is 0 Å². The molecule has 0 N–H and O–H groups in total. The third-order valence-corrected chi connectivity index (χ3v) is 5.44. The smallest absolute Gasteiger partial charge is 0.431 e. The number of rotatable bonds is 17. The molecule has 0 aromatic carbocycles. The molecule has 1 radical (unpaired) electrons. The van der Waals surface area contributed by atoms with Crippen molar-refractivity contribution in [3.8, 4) is 0 Å². The van der Waals surface area contributed by atoms with E-state index in [1.165, 1.54) is 83.5 Å². The van der Waals surface area contributed by atoms with Crippen LogP contribution in [0.15, 0.2) is 0 Å². The molecule has 0 bridgehead atoms. The summed E-state index contributed by atoms with van der Waals surface area (Å²) in [4.78, 5) is 11.7. The number of ether oxygens (including phenoxy) is 2. The Morgan fingerprint density at radius 2 is 1.41 bits per heavy atom. The monoisotopic (exact) mass is 382 g/mol. The van der Waals surface area contributed by atoms with Crippen LogP contribution in [0.4, 0.5) is 4.79 Å². The third kappa shape index (κ3) is 14.9. The molecule has 27 heavy (non-hydrogen) atoms. The largest absolute Gasteiger partial charge is 0.510 e. The zero-order valence-electron chi connectivity index (χ0n) is 18.1. The standard InChI is InChI=1S/C23H44NO3/c1-3-4-5-6-7-8-9-10-11-12-13-14-15-16-18-21(2)26-23(25)27-22-19-17-20-24-22/h21-22H,3-20H2,1-2H3. The Kier molecular flexibility index (Phi) is 15.6. The van der Waals surface area contributed by atoms with E-state index in [0.29, 0.717) is 0 Å². The van der Waals surface area contributed by atoms with Gasteiger partial charge in [0.05, 0.1) is 0 Å². The fourth-order valence-electron chi connectivity index (χ4n) is 3.68. The molecular formula is C23H44NO3. The zero-order chi connectivity index (χ0) is 19.6. The van der Waals surface area contributed by atoms with Crippen LogP contribution in [0.1, 0.15) is 123 Å². The van der Waals surface area contributed by atoms with Gasteiger partial charge < -0.3 is 9.47 Å². The van der Waals surface area contributed by atoms with Crippen molar-refractivity contribution >= 4 is 6.16 Å². The first-order valence-electron chi connectivity index (χ1n) is 11.8. The number of hydrogen-bond acceptors (Lipinski definition) is 3. The van der Waals surface area contributed by atoms with Gasteiger partial charge in [0.2, 0.25) is 0 Å². The van der Waals surface area contributed by atoms with Crippen LogP contribution >= 0.6 is 0 Å². The van der Waals surface area contributed by atoms with Crippen molar-refractivity contribution in [2.45, 2.75) is 135 Å². The molecule has 1 rings (SSSR count). The summed E-state index contributed by atoms with van der Waals surface area (Å²) in [5.74, 6) is 0. The fraction of sp³-hybridized carbons (Fsp3) is 0.957. The van der Waals surface area contributed by atoms with Crippen molar-refractivity contribution < 1.29 is 14.3 Å². The van der Waals surface area contributed by atoms with E-state index >= 15 is 0 Å². The molecule has 2 atom stereocenters. The molecule has 0 aliphatic carbocycles. The van der Waals surface area contributed by atoms with Crippen molar-refractivity contribution in [2.75, 3.05) is 6.54 Å². The maximum absolute atomic E-state index is 11.7. The van der Waals surface area contributed by atoms with Crippen LogP contribution in [-0.2, 0) is 9.47 Å². The molecule has 0 spiro atoms. The highest BCUT2D eigenvalue weighted by molar-refractivity contribution is 5.60. The first-order chi connectivity index (χ1) is 13.2. The van der Waals surface area contributed by atoms with Gasteiger partial charge in [-0.1, -0.05) is 90.4 Å². The Labute approximate surface area is 168 Å². The molecule has 1 aliphatic heterocycles. The van der Waals surface area contributed by atoms with Crippen LogP contribution < -0.4 is 5.32 Å². The first kappa shape index (κ1) is 24.3. The lowest BCUT2D eigenvalue weighted by Gasteiger charge is -2.15. The summed E-state index contributed by atoms with van der Waals surface area (Å²) in [5.41, 5.74) is 0. The molecule has 1 fully saturated rings. The Morgan fingerprint density at radius 3 is 1.89 bits per heavy atom. The van der Waals surface area contributed by atoms with Crippen molar-refractivity contribution in [1.29, 1.82) is 0 Å². The molecule has 2 unspecified atom stereocenters. The molecular weight excluding hydrogens is 338 g/mol. The Morgan fingerprint density at radius 1 is 0.889 bits per heavy atom. The van der Waals surface area contributed by atoms with Crippen molar-refractivity contribution in [1.82, 2.24) is 5.32 Å². The van der Waals surface area contributed by atoms with Crippen molar-refractivity contribution in [3.05, 3.63) is 0 Å². The van der Waals surface area contributed by atoms with Gasteiger partial charge in [0, 0.05) is 13.0 Å². The molecule has 0 aromatic heterocycles. The van der Waals surface area contributed by atoms with E-state index in [4.69, 9.17) is 9.47 Å². The Balaban J connectivity index is 1.78. The molecule has 1 heterocycles. The van der Waals surface area contributed by atoms with E-state index in [9.17, 15) is 4.79 Å². The van der Waals surface area contributed by atoms with Crippen molar-refractivity contribution in [2.24, 2.45) is 0 Å². The maximum Gasteiger partial charge on any atom is 0.510 e. The van der Waals surface area contributed by atoms with E-state index in [1.54, 1.807) is 0 Å². The maximum atomic E-state index is 11.7. The molecule has 0 aromatic rings. The molecule has 4 heteroatoms. The van der Waals surface area contributed by atoms with Gasteiger partial charge >= 0.3 is 6.16 Å². The molecule has 0 amide bonds. The topological polar surface area (TPSA) is 49.6 Å². The molecule has 1 aliphatic rings. The van der Waals surface area contributed by atoms with Gasteiger partial charge in [-0.15, -0.1) is 0 Å². The molecule has 0 saturated carbocycles. The van der Waals surface area contributed by atoms with Crippen molar-refractivity contribution in [3.63, 3.8) is 0 Å². The minimum atomic E-state index is -0.552. The summed E-state index contributed by atoms with van der Waals surface area (Å²) in [5, 5.41) is 4.20. The fourth-order valence-corrected chi connectivity index (χ4v) is 3.68. The number of hydrogen-bond donors (Lipinski definition) is 0. The van der Waals surface area contributed by atoms with Gasteiger partial charge in [-0.05, 0) is 26.2 Å². The quantitative estimate of drug-likeness (QED) is 0.199. The van der Waals surface area contributed by atoms with Crippen LogP contribution in [0, 0.1) is 0 Å². The number of carbonyl (C=O) groups is 1. The summed E-state index contributed by atoms with van der Waals surface area (Å²) in [6.07, 6.45) is 21.0. The van der Waals surface area contributed by atoms with Crippen LogP contribution in [0.25, 0.3) is 0 Å². The Bertz CT molecular complexity index is 343. The normalized spacial score (nSPS) is 17.8. The first-order valence-corrected chi connectivity index (χ1v) is 11.8. The van der Waals surface area contributed by atoms with Gasteiger partial charge in [0.1, 0.15) is 6.10 Å². The lowest BCUT2D eigenvalue weighted by atomic mass is 10.0.